The summed E-state index contributed by atoms with van der Waals surface area (Å²) in [6.45, 7) is 7.44. The van der Waals surface area contributed by atoms with Gasteiger partial charge < -0.3 is 18.9 Å². The molecule has 0 saturated heterocycles. The molecule has 0 heterocycles. The molecule has 0 radical (unpaired) electrons. The first kappa shape index (κ1) is 16.0. The number of carbonyl (C=O) groups excluding carboxylic acids is 2. The van der Waals surface area contributed by atoms with Crippen molar-refractivity contribution in [2.45, 2.75) is 12.8 Å². The van der Waals surface area contributed by atoms with Gasteiger partial charge in [0.05, 0.1) is 25.4 Å². The van der Waals surface area contributed by atoms with Gasteiger partial charge in [-0.25, -0.2) is 0 Å². The number of esters is 2. The fourth-order valence-corrected chi connectivity index (χ4v) is 0.922. The molecule has 0 atom stereocenters. The lowest BCUT2D eigenvalue weighted by Gasteiger charge is -2.05. The van der Waals surface area contributed by atoms with Crippen LogP contribution in [0.4, 0.5) is 0 Å². The maximum Gasteiger partial charge on any atom is 0.306 e. The average molecular weight is 258 g/mol. The number of carbonyl (C=O) groups is 2. The van der Waals surface area contributed by atoms with Crippen LogP contribution in [0.3, 0.4) is 0 Å². The van der Waals surface area contributed by atoms with Gasteiger partial charge in [0, 0.05) is 0 Å². The molecule has 0 spiro atoms. The zero-order valence-electron chi connectivity index (χ0n) is 10.3. The Bertz CT molecular complexity index is 246. The first-order valence-corrected chi connectivity index (χ1v) is 5.47. The lowest BCUT2D eigenvalue weighted by molar-refractivity contribution is -0.151. The third-order valence-electron chi connectivity index (χ3n) is 1.70. The van der Waals surface area contributed by atoms with Crippen LogP contribution in [0.15, 0.2) is 25.7 Å². The van der Waals surface area contributed by atoms with Gasteiger partial charge in [-0.05, 0) is 0 Å². The molecule has 0 aromatic rings. The van der Waals surface area contributed by atoms with Gasteiger partial charge in [0.1, 0.15) is 26.4 Å². The normalized spacial score (nSPS) is 9.11. The Balaban J connectivity index is 3.44. The van der Waals surface area contributed by atoms with E-state index in [9.17, 15) is 9.59 Å². The van der Waals surface area contributed by atoms with E-state index in [-0.39, 0.29) is 39.3 Å². The summed E-state index contributed by atoms with van der Waals surface area (Å²) < 4.78 is 19.1. The van der Waals surface area contributed by atoms with Gasteiger partial charge in [-0.1, -0.05) is 13.2 Å². The van der Waals surface area contributed by atoms with Crippen molar-refractivity contribution in [3.8, 4) is 0 Å². The van der Waals surface area contributed by atoms with Crippen molar-refractivity contribution in [1.29, 1.82) is 0 Å². The highest BCUT2D eigenvalue weighted by molar-refractivity contribution is 5.77. The predicted molar refractivity (Wildman–Crippen MR) is 63.5 cm³/mol. The molecular formula is C12H18O6. The van der Waals surface area contributed by atoms with Crippen LogP contribution in [0.2, 0.25) is 0 Å². The Morgan fingerprint density at radius 3 is 1.50 bits per heavy atom. The van der Waals surface area contributed by atoms with E-state index in [0.717, 1.165) is 0 Å². The van der Waals surface area contributed by atoms with Crippen LogP contribution in [0.5, 0.6) is 0 Å². The fraction of sp³-hybridized carbons (Fsp3) is 0.500. The van der Waals surface area contributed by atoms with Crippen LogP contribution in [0.1, 0.15) is 12.8 Å². The SMILES string of the molecule is C=COCCOC(=O)CCC(=O)OCCOC=C. The van der Waals surface area contributed by atoms with Crippen molar-refractivity contribution in [3.05, 3.63) is 25.7 Å². The van der Waals surface area contributed by atoms with Gasteiger partial charge in [-0.15, -0.1) is 0 Å². The van der Waals surface area contributed by atoms with Crippen LogP contribution < -0.4 is 0 Å². The third kappa shape index (κ3) is 10.5. The van der Waals surface area contributed by atoms with Gasteiger partial charge in [0.25, 0.3) is 0 Å². The minimum atomic E-state index is -0.470. The number of hydrogen-bond donors (Lipinski definition) is 0. The van der Waals surface area contributed by atoms with Crippen LogP contribution >= 0.6 is 0 Å². The zero-order valence-corrected chi connectivity index (χ0v) is 10.3. The molecule has 0 rings (SSSR count). The molecule has 0 fully saturated rings. The van der Waals surface area contributed by atoms with Crippen molar-refractivity contribution in [2.75, 3.05) is 26.4 Å². The molecule has 0 aliphatic rings. The molecule has 6 heteroatoms. The van der Waals surface area contributed by atoms with E-state index >= 15 is 0 Å². The lowest BCUT2D eigenvalue weighted by Crippen LogP contribution is -2.14. The number of hydrogen-bond acceptors (Lipinski definition) is 6. The Morgan fingerprint density at radius 2 is 1.17 bits per heavy atom. The van der Waals surface area contributed by atoms with E-state index in [4.69, 9.17) is 18.9 Å². The highest BCUT2D eigenvalue weighted by atomic mass is 16.6. The van der Waals surface area contributed by atoms with Crippen molar-refractivity contribution < 1.29 is 28.5 Å². The first-order chi connectivity index (χ1) is 8.70. The maximum absolute atomic E-state index is 11.1. The molecule has 0 unspecified atom stereocenters. The number of ether oxygens (including phenoxy) is 4. The maximum atomic E-state index is 11.1. The molecule has 0 N–H and O–H groups in total. The summed E-state index contributed by atoms with van der Waals surface area (Å²) in [5, 5.41) is 0. The first-order valence-electron chi connectivity index (χ1n) is 5.47. The molecule has 0 saturated carbocycles. The predicted octanol–water partition coefficient (Wildman–Crippen LogP) is 1.17. The van der Waals surface area contributed by atoms with E-state index in [1.807, 2.05) is 0 Å². The zero-order chi connectivity index (χ0) is 13.6. The second-order valence-electron chi connectivity index (χ2n) is 3.02. The van der Waals surface area contributed by atoms with Crippen LogP contribution in [0.25, 0.3) is 0 Å². The Morgan fingerprint density at radius 1 is 0.778 bits per heavy atom. The van der Waals surface area contributed by atoms with Crippen molar-refractivity contribution in [2.24, 2.45) is 0 Å². The minimum absolute atomic E-state index is 0.0186. The van der Waals surface area contributed by atoms with Crippen LogP contribution in [0, 0.1) is 0 Å². The largest absolute Gasteiger partial charge is 0.498 e. The van der Waals surface area contributed by atoms with E-state index in [1.165, 1.54) is 12.5 Å². The van der Waals surface area contributed by atoms with Crippen LogP contribution in [-0.2, 0) is 28.5 Å². The average Bonchev–Trinajstić information content (AvgIpc) is 2.37. The molecule has 0 aliphatic heterocycles. The summed E-state index contributed by atoms with van der Waals surface area (Å²) >= 11 is 0. The summed E-state index contributed by atoms with van der Waals surface area (Å²) in [5.41, 5.74) is 0. The summed E-state index contributed by atoms with van der Waals surface area (Å²) in [6, 6.07) is 0. The summed E-state index contributed by atoms with van der Waals surface area (Å²) in [5.74, 6) is -0.941. The van der Waals surface area contributed by atoms with Crippen molar-refractivity contribution >= 4 is 11.9 Å². The Kier molecular flexibility index (Phi) is 10.2. The van der Waals surface area contributed by atoms with Gasteiger partial charge in [0.2, 0.25) is 0 Å². The second kappa shape index (κ2) is 11.5. The van der Waals surface area contributed by atoms with Crippen LogP contribution in [-0.4, -0.2) is 38.4 Å². The molecule has 0 aromatic heterocycles. The third-order valence-corrected chi connectivity index (χ3v) is 1.70. The topological polar surface area (TPSA) is 71.1 Å². The van der Waals surface area contributed by atoms with E-state index in [1.54, 1.807) is 0 Å². The highest BCUT2D eigenvalue weighted by Crippen LogP contribution is 1.96. The van der Waals surface area contributed by atoms with E-state index < -0.39 is 11.9 Å². The van der Waals surface area contributed by atoms with Crippen molar-refractivity contribution in [1.82, 2.24) is 0 Å². The van der Waals surface area contributed by atoms with E-state index in [0.29, 0.717) is 0 Å². The Labute approximate surface area is 106 Å². The summed E-state index contributed by atoms with van der Waals surface area (Å²) in [6.07, 6.45) is 2.48. The smallest absolute Gasteiger partial charge is 0.306 e. The minimum Gasteiger partial charge on any atom is -0.498 e. The monoisotopic (exact) mass is 258 g/mol. The molecule has 6 nitrogen and oxygen atoms in total. The Hall–Kier alpha value is -1.98. The summed E-state index contributed by atoms with van der Waals surface area (Å²) in [7, 11) is 0. The lowest BCUT2D eigenvalue weighted by atomic mass is 10.3. The molecule has 0 aromatic carbocycles. The molecule has 102 valence electrons. The van der Waals surface area contributed by atoms with Gasteiger partial charge in [0.15, 0.2) is 0 Å². The van der Waals surface area contributed by atoms with E-state index in [2.05, 4.69) is 13.2 Å². The second-order valence-corrected chi connectivity index (χ2v) is 3.02. The van der Waals surface area contributed by atoms with Gasteiger partial charge in [-0.2, -0.15) is 0 Å². The fourth-order valence-electron chi connectivity index (χ4n) is 0.922. The molecule has 0 aliphatic carbocycles. The van der Waals surface area contributed by atoms with Crippen molar-refractivity contribution in [3.63, 3.8) is 0 Å². The molecular weight excluding hydrogens is 240 g/mol. The quantitative estimate of drug-likeness (QED) is 0.315. The molecule has 0 amide bonds. The highest BCUT2D eigenvalue weighted by Gasteiger charge is 2.08. The number of rotatable bonds is 11. The van der Waals surface area contributed by atoms with Gasteiger partial charge in [-0.3, -0.25) is 9.59 Å². The standard InChI is InChI=1S/C12H18O6/c1-3-15-7-9-17-11(13)5-6-12(14)18-10-8-16-4-2/h3-4H,1-2,5-10H2. The molecule has 0 bridgehead atoms. The summed E-state index contributed by atoms with van der Waals surface area (Å²) in [4.78, 5) is 22.3. The van der Waals surface area contributed by atoms with Gasteiger partial charge >= 0.3 is 11.9 Å². The molecule has 18 heavy (non-hydrogen) atoms.